The Labute approximate surface area is 149 Å². The van der Waals surface area contributed by atoms with Crippen molar-refractivity contribution < 1.29 is 9.90 Å². The normalized spacial score (nSPS) is 24.2. The quantitative estimate of drug-likeness (QED) is 0.694. The van der Waals surface area contributed by atoms with Crippen molar-refractivity contribution in [3.05, 3.63) is 75.3 Å². The summed E-state index contributed by atoms with van der Waals surface area (Å²) >= 11 is 12.8. The van der Waals surface area contributed by atoms with Gasteiger partial charge in [0.25, 0.3) is 0 Å². The van der Waals surface area contributed by atoms with Crippen molar-refractivity contribution in [3.63, 3.8) is 0 Å². The van der Waals surface area contributed by atoms with Crippen molar-refractivity contribution >= 4 is 34.9 Å². The average Bonchev–Trinajstić information content (AvgIpc) is 3.07. The van der Waals surface area contributed by atoms with Gasteiger partial charge in [-0.15, -0.1) is 0 Å². The molecule has 0 fully saturated rings. The number of carbonyl (C=O) groups is 1. The van der Waals surface area contributed by atoms with Crippen LogP contribution in [0.4, 0.5) is 5.69 Å². The van der Waals surface area contributed by atoms with E-state index in [0.717, 1.165) is 28.3 Å². The number of carboxylic acids is 1. The highest BCUT2D eigenvalue weighted by Crippen LogP contribution is 2.53. The molecule has 2 N–H and O–H groups in total. The highest BCUT2D eigenvalue weighted by Gasteiger charge is 2.39. The molecular weight excluding hydrogens is 345 g/mol. The smallest absolute Gasteiger partial charge is 0.335 e. The lowest BCUT2D eigenvalue weighted by molar-refractivity contribution is 0.0697. The number of fused-ring (bicyclic) bond motifs is 3. The van der Waals surface area contributed by atoms with Crippen LogP contribution in [-0.2, 0) is 0 Å². The summed E-state index contributed by atoms with van der Waals surface area (Å²) < 4.78 is 0. The van der Waals surface area contributed by atoms with Crippen molar-refractivity contribution in [2.24, 2.45) is 5.92 Å². The molecule has 3 nitrogen and oxygen atoms in total. The first-order valence-corrected chi connectivity index (χ1v) is 8.56. The van der Waals surface area contributed by atoms with Crippen LogP contribution in [0.5, 0.6) is 0 Å². The molecule has 1 aliphatic carbocycles. The minimum Gasteiger partial charge on any atom is -0.478 e. The summed E-state index contributed by atoms with van der Waals surface area (Å²) in [5.74, 6) is -0.362. The van der Waals surface area contributed by atoms with Crippen LogP contribution in [0.1, 0.15) is 39.9 Å². The molecule has 2 aromatic carbocycles. The molecule has 0 saturated carbocycles. The van der Waals surface area contributed by atoms with Gasteiger partial charge >= 0.3 is 5.97 Å². The Balaban J connectivity index is 1.78. The molecule has 0 aromatic heterocycles. The number of carboxylic acid groups (broad SMARTS) is 1. The van der Waals surface area contributed by atoms with E-state index >= 15 is 0 Å². The molecule has 122 valence electrons. The van der Waals surface area contributed by atoms with E-state index in [1.165, 1.54) is 0 Å². The Hall–Kier alpha value is -1.97. The molecule has 4 rings (SSSR count). The lowest BCUT2D eigenvalue weighted by Crippen LogP contribution is -2.29. The Morgan fingerprint density at radius 2 is 1.79 bits per heavy atom. The predicted molar refractivity (Wildman–Crippen MR) is 96.2 cm³/mol. The van der Waals surface area contributed by atoms with Crippen LogP contribution in [0, 0.1) is 5.92 Å². The average molecular weight is 360 g/mol. The van der Waals surface area contributed by atoms with Gasteiger partial charge in [0.2, 0.25) is 0 Å². The molecule has 0 bridgehead atoms. The third kappa shape index (κ3) is 2.40. The van der Waals surface area contributed by atoms with E-state index in [9.17, 15) is 4.79 Å². The summed E-state index contributed by atoms with van der Waals surface area (Å²) in [5, 5.41) is 14.0. The van der Waals surface area contributed by atoms with Gasteiger partial charge in [-0.2, -0.15) is 0 Å². The van der Waals surface area contributed by atoms with Crippen LogP contribution < -0.4 is 5.32 Å². The molecule has 1 aliphatic heterocycles. The third-order valence-corrected chi connectivity index (χ3v) is 5.58. The lowest BCUT2D eigenvalue weighted by atomic mass is 9.77. The molecule has 5 heteroatoms. The first kappa shape index (κ1) is 15.6. The summed E-state index contributed by atoms with van der Waals surface area (Å²) in [6, 6.07) is 10.8. The van der Waals surface area contributed by atoms with Crippen molar-refractivity contribution in [1.82, 2.24) is 0 Å². The van der Waals surface area contributed by atoms with Gasteiger partial charge in [-0.05, 0) is 42.2 Å². The second-order valence-electron chi connectivity index (χ2n) is 6.22. The van der Waals surface area contributed by atoms with Crippen molar-refractivity contribution in [3.8, 4) is 0 Å². The van der Waals surface area contributed by atoms with E-state index in [-0.39, 0.29) is 17.5 Å². The summed E-state index contributed by atoms with van der Waals surface area (Å²) in [7, 11) is 0. The predicted octanol–water partition coefficient (Wildman–Crippen LogP) is 5.52. The fraction of sp³-hybridized carbons (Fsp3) is 0.211. The molecule has 0 spiro atoms. The van der Waals surface area contributed by atoms with Gasteiger partial charge in [-0.25, -0.2) is 4.79 Å². The summed E-state index contributed by atoms with van der Waals surface area (Å²) in [6.07, 6.45) is 5.33. The molecule has 0 saturated heterocycles. The monoisotopic (exact) mass is 359 g/mol. The highest BCUT2D eigenvalue weighted by atomic mass is 35.5. The molecule has 3 atom stereocenters. The third-order valence-electron chi connectivity index (χ3n) is 4.93. The highest BCUT2D eigenvalue weighted by molar-refractivity contribution is 6.36. The fourth-order valence-corrected chi connectivity index (χ4v) is 4.29. The van der Waals surface area contributed by atoms with E-state index in [2.05, 4.69) is 17.5 Å². The number of hydrogen-bond donors (Lipinski definition) is 2. The summed E-state index contributed by atoms with van der Waals surface area (Å²) in [5.41, 5.74) is 3.28. The van der Waals surface area contributed by atoms with Crippen molar-refractivity contribution in [2.75, 3.05) is 5.32 Å². The Kier molecular flexibility index (Phi) is 3.78. The van der Waals surface area contributed by atoms with Gasteiger partial charge in [0.15, 0.2) is 0 Å². The van der Waals surface area contributed by atoms with E-state index < -0.39 is 5.97 Å². The molecule has 2 aliphatic rings. The van der Waals surface area contributed by atoms with Crippen LogP contribution in [0.2, 0.25) is 10.0 Å². The van der Waals surface area contributed by atoms with Gasteiger partial charge in [0, 0.05) is 16.5 Å². The molecular formula is C19H15Cl2NO2. The van der Waals surface area contributed by atoms with Crippen LogP contribution >= 0.6 is 23.2 Å². The number of rotatable bonds is 2. The molecule has 1 heterocycles. The second kappa shape index (κ2) is 5.83. The zero-order valence-electron chi connectivity index (χ0n) is 12.7. The molecule has 24 heavy (non-hydrogen) atoms. The minimum atomic E-state index is -0.918. The number of nitrogens with one attached hydrogen (secondary N) is 1. The van der Waals surface area contributed by atoms with Gasteiger partial charge in [0.05, 0.1) is 22.3 Å². The largest absolute Gasteiger partial charge is 0.478 e. The lowest BCUT2D eigenvalue weighted by Gasteiger charge is -2.38. The zero-order chi connectivity index (χ0) is 16.8. The van der Waals surface area contributed by atoms with Gasteiger partial charge in [-0.3, -0.25) is 0 Å². The molecule has 2 aromatic rings. The Morgan fingerprint density at radius 3 is 2.50 bits per heavy atom. The van der Waals surface area contributed by atoms with Crippen LogP contribution in [0.3, 0.4) is 0 Å². The van der Waals surface area contributed by atoms with Crippen LogP contribution in [0.15, 0.2) is 48.6 Å². The van der Waals surface area contributed by atoms with E-state index in [1.54, 1.807) is 18.2 Å². The molecule has 2 unspecified atom stereocenters. The maximum atomic E-state index is 11.1. The first-order valence-electron chi connectivity index (χ1n) is 7.80. The maximum absolute atomic E-state index is 11.1. The Morgan fingerprint density at radius 1 is 1.08 bits per heavy atom. The molecule has 0 radical (unpaired) electrons. The number of aromatic carboxylic acids is 1. The number of anilines is 1. The van der Waals surface area contributed by atoms with Gasteiger partial charge in [0.1, 0.15) is 0 Å². The summed E-state index contributed by atoms with van der Waals surface area (Å²) in [6.45, 7) is 0. The van der Waals surface area contributed by atoms with Crippen molar-refractivity contribution in [1.29, 1.82) is 0 Å². The maximum Gasteiger partial charge on any atom is 0.335 e. The van der Waals surface area contributed by atoms with Gasteiger partial charge in [-0.1, -0.05) is 47.5 Å². The fourth-order valence-electron chi connectivity index (χ4n) is 3.79. The van der Waals surface area contributed by atoms with E-state index in [1.807, 2.05) is 18.2 Å². The van der Waals surface area contributed by atoms with Crippen LogP contribution in [-0.4, -0.2) is 11.1 Å². The SMILES string of the molecule is O=C(O)c1ccc([C@H]2Nc3c(Cl)ccc(Cl)c3C3C=CCC32)cc1. The second-order valence-corrected chi connectivity index (χ2v) is 7.03. The number of benzene rings is 2. The van der Waals surface area contributed by atoms with E-state index in [0.29, 0.717) is 10.9 Å². The number of allylic oxidation sites excluding steroid dienone is 2. The number of halogens is 2. The summed E-state index contributed by atoms with van der Waals surface area (Å²) in [4.78, 5) is 11.1. The Bertz CT molecular complexity index is 845. The van der Waals surface area contributed by atoms with Gasteiger partial charge < -0.3 is 10.4 Å². The van der Waals surface area contributed by atoms with E-state index in [4.69, 9.17) is 28.3 Å². The minimum absolute atomic E-state index is 0.0660. The standard InChI is InChI=1S/C19H15Cl2NO2/c20-14-8-9-15(21)18-16(14)12-2-1-3-13(12)17(22-18)10-4-6-11(7-5-10)19(23)24/h1-2,4-9,12-13,17,22H,3H2,(H,23,24)/t12?,13?,17-/m1/s1. The first-order chi connectivity index (χ1) is 11.6. The number of hydrogen-bond acceptors (Lipinski definition) is 2. The topological polar surface area (TPSA) is 49.3 Å². The molecule has 0 amide bonds. The van der Waals surface area contributed by atoms with Crippen molar-refractivity contribution in [2.45, 2.75) is 18.4 Å². The zero-order valence-corrected chi connectivity index (χ0v) is 14.2. The van der Waals surface area contributed by atoms with Crippen LogP contribution in [0.25, 0.3) is 0 Å².